The first-order valence-corrected chi connectivity index (χ1v) is 13.5. The molecule has 1 aliphatic heterocycles. The largest absolute Gasteiger partial charge is 0.497 e. The van der Waals surface area contributed by atoms with E-state index in [1.807, 2.05) is 17.8 Å². The van der Waals surface area contributed by atoms with Crippen molar-refractivity contribution in [3.05, 3.63) is 35.8 Å². The smallest absolute Gasteiger partial charge is 0.303 e. The first-order valence-electron chi connectivity index (χ1n) is 12.3. The number of halogens is 1. The zero-order valence-corrected chi connectivity index (χ0v) is 21.2. The molecule has 1 aliphatic rings. The molecule has 1 aromatic carbocycles. The summed E-state index contributed by atoms with van der Waals surface area (Å²) in [6, 6.07) is 4.90. The summed E-state index contributed by atoms with van der Waals surface area (Å²) in [5.74, 6) is 2.20. The molecule has 3 rings (SSSR count). The van der Waals surface area contributed by atoms with E-state index >= 15 is 0 Å². The zero-order chi connectivity index (χ0) is 24.5. The van der Waals surface area contributed by atoms with Gasteiger partial charge in [0.2, 0.25) is 0 Å². The number of carbonyl (C=O) groups is 1. The summed E-state index contributed by atoms with van der Waals surface area (Å²) in [6.07, 6.45) is 6.08. The van der Waals surface area contributed by atoms with Gasteiger partial charge in [0.25, 0.3) is 0 Å². The highest BCUT2D eigenvalue weighted by atomic mass is 32.2. The van der Waals surface area contributed by atoms with Crippen LogP contribution >= 0.6 is 11.8 Å². The van der Waals surface area contributed by atoms with Gasteiger partial charge in [-0.15, -0.1) is 0 Å². The van der Waals surface area contributed by atoms with Crippen LogP contribution < -0.4 is 10.5 Å². The van der Waals surface area contributed by atoms with Crippen molar-refractivity contribution in [3.63, 3.8) is 0 Å². The summed E-state index contributed by atoms with van der Waals surface area (Å²) in [6.45, 7) is 5.02. The molecule has 1 fully saturated rings. The lowest BCUT2D eigenvalue weighted by molar-refractivity contribution is -0.139. The number of benzene rings is 1. The number of likely N-dealkylation sites (tertiary alicyclic amines) is 1. The Morgan fingerprint density at radius 1 is 1.38 bits per heavy atom. The highest BCUT2D eigenvalue weighted by Crippen LogP contribution is 2.35. The van der Waals surface area contributed by atoms with Crippen LogP contribution in [0.4, 0.5) is 4.39 Å². The van der Waals surface area contributed by atoms with E-state index in [9.17, 15) is 14.3 Å². The van der Waals surface area contributed by atoms with Crippen LogP contribution in [0.3, 0.4) is 0 Å². The van der Waals surface area contributed by atoms with Gasteiger partial charge in [0.15, 0.2) is 0 Å². The topological polar surface area (TPSA) is 88.7 Å². The molecule has 0 amide bonds. The molecule has 3 N–H and O–H groups in total. The summed E-state index contributed by atoms with van der Waals surface area (Å²) in [5.41, 5.74) is 7.65. The number of rotatable bonds is 13. The number of nitrogens with two attached hydrogens (primary N) is 1. The maximum atomic E-state index is 14.8. The van der Waals surface area contributed by atoms with Crippen LogP contribution in [-0.2, 0) is 4.79 Å². The second-order valence-corrected chi connectivity index (χ2v) is 10.5. The lowest BCUT2D eigenvalue weighted by atomic mass is 9.79. The Morgan fingerprint density at radius 3 is 2.94 bits per heavy atom. The molecule has 0 unspecified atom stereocenters. The molecular formula is C26H38FN3O3S. The molecular weight excluding hydrogens is 453 g/mol. The minimum absolute atomic E-state index is 0.0980. The van der Waals surface area contributed by atoms with Crippen molar-refractivity contribution >= 4 is 28.6 Å². The van der Waals surface area contributed by atoms with Crippen LogP contribution in [0, 0.1) is 17.7 Å². The normalized spacial score (nSPS) is 19.9. The van der Waals surface area contributed by atoms with Crippen molar-refractivity contribution in [1.82, 2.24) is 9.88 Å². The van der Waals surface area contributed by atoms with Crippen LogP contribution in [0.1, 0.15) is 57.1 Å². The Morgan fingerprint density at radius 2 is 2.21 bits per heavy atom. The summed E-state index contributed by atoms with van der Waals surface area (Å²) in [5, 5.41) is 10.2. The second-order valence-electron chi connectivity index (χ2n) is 9.26. The summed E-state index contributed by atoms with van der Waals surface area (Å²) >= 11 is 1.99. The molecule has 0 aliphatic carbocycles. The van der Waals surface area contributed by atoms with Gasteiger partial charge < -0.3 is 20.5 Å². The van der Waals surface area contributed by atoms with Crippen LogP contribution in [0.2, 0.25) is 0 Å². The fourth-order valence-electron chi connectivity index (χ4n) is 5.04. The van der Waals surface area contributed by atoms with Gasteiger partial charge in [-0.25, -0.2) is 4.39 Å². The van der Waals surface area contributed by atoms with Crippen molar-refractivity contribution in [3.8, 4) is 5.75 Å². The average molecular weight is 492 g/mol. The van der Waals surface area contributed by atoms with E-state index in [1.54, 1.807) is 19.2 Å². The predicted molar refractivity (Wildman–Crippen MR) is 137 cm³/mol. The van der Waals surface area contributed by atoms with E-state index < -0.39 is 17.8 Å². The van der Waals surface area contributed by atoms with Crippen LogP contribution in [0.5, 0.6) is 5.75 Å². The van der Waals surface area contributed by atoms with E-state index in [2.05, 4.69) is 16.8 Å². The fraction of sp³-hybridized carbons (Fsp3) is 0.615. The van der Waals surface area contributed by atoms with Crippen molar-refractivity contribution in [2.75, 3.05) is 38.2 Å². The van der Waals surface area contributed by atoms with Crippen LogP contribution in [-0.4, -0.2) is 59.2 Å². The van der Waals surface area contributed by atoms with Gasteiger partial charge in [-0.2, -0.15) is 11.8 Å². The molecule has 188 valence electrons. The summed E-state index contributed by atoms with van der Waals surface area (Å²) in [7, 11) is 1.58. The minimum atomic E-state index is -0.752. The Labute approximate surface area is 206 Å². The number of fused-ring (bicyclic) bond motifs is 1. The van der Waals surface area contributed by atoms with E-state index in [0.29, 0.717) is 28.6 Å². The van der Waals surface area contributed by atoms with Crippen molar-refractivity contribution < 1.29 is 19.0 Å². The standard InChI is InChI=1S/C26H38FN3O3S/c1-3-12-34-13-4-10-30-11-9-18(19(17-30)14-25(31)32)5-7-23(28)26-21-15-20(33-2)6-8-24(21)29-16-22(26)27/h6,8,15-16,18-19,23H,3-5,7,9-14,17,28H2,1-2H3,(H,31,32)/t18-,19+,23+/m1/s1. The van der Waals surface area contributed by atoms with E-state index in [1.165, 1.54) is 18.4 Å². The van der Waals surface area contributed by atoms with Crippen molar-refractivity contribution in [1.29, 1.82) is 0 Å². The van der Waals surface area contributed by atoms with Gasteiger partial charge >= 0.3 is 5.97 Å². The van der Waals surface area contributed by atoms with Crippen molar-refractivity contribution in [2.24, 2.45) is 17.6 Å². The maximum absolute atomic E-state index is 14.8. The molecule has 34 heavy (non-hydrogen) atoms. The maximum Gasteiger partial charge on any atom is 0.303 e. The zero-order valence-electron chi connectivity index (χ0n) is 20.3. The van der Waals surface area contributed by atoms with Gasteiger partial charge in [-0.3, -0.25) is 9.78 Å². The second kappa shape index (κ2) is 13.3. The quantitative estimate of drug-likeness (QED) is 0.377. The molecule has 0 radical (unpaired) electrons. The molecule has 1 aromatic heterocycles. The molecule has 1 saturated heterocycles. The first-order chi connectivity index (χ1) is 16.4. The number of pyridine rings is 1. The first kappa shape index (κ1) is 26.7. The monoisotopic (exact) mass is 491 g/mol. The highest BCUT2D eigenvalue weighted by Gasteiger charge is 2.31. The van der Waals surface area contributed by atoms with Crippen LogP contribution in [0.15, 0.2) is 24.4 Å². The third-order valence-electron chi connectivity index (χ3n) is 6.81. The van der Waals surface area contributed by atoms with E-state index in [0.717, 1.165) is 44.6 Å². The predicted octanol–water partition coefficient (Wildman–Crippen LogP) is 5.11. The SMILES string of the molecule is CCCSCCCN1CC[C@@H](CC[C@H](N)c2c(F)cnc3ccc(OC)cc23)[C@@H](CC(=O)O)C1. The Kier molecular flexibility index (Phi) is 10.4. The third-order valence-corrected chi connectivity index (χ3v) is 8.09. The molecule has 6 nitrogen and oxygen atoms in total. The number of carboxylic acid groups (broad SMARTS) is 1. The van der Waals surface area contributed by atoms with Gasteiger partial charge in [0, 0.05) is 30.0 Å². The van der Waals surface area contributed by atoms with E-state index in [-0.39, 0.29) is 18.3 Å². The number of nitrogens with zero attached hydrogens (tertiary/aromatic N) is 2. The highest BCUT2D eigenvalue weighted by molar-refractivity contribution is 7.99. The van der Waals surface area contributed by atoms with E-state index in [4.69, 9.17) is 10.5 Å². The Balaban J connectivity index is 1.63. The lowest BCUT2D eigenvalue weighted by Crippen LogP contribution is -2.42. The molecule has 8 heteroatoms. The number of aromatic nitrogens is 1. The number of methoxy groups -OCH3 is 1. The van der Waals surface area contributed by atoms with Gasteiger partial charge in [0.05, 0.1) is 18.8 Å². The summed E-state index contributed by atoms with van der Waals surface area (Å²) < 4.78 is 20.1. The Hall–Kier alpha value is -1.90. The molecule has 2 aromatic rings. The number of hydrogen-bond donors (Lipinski definition) is 2. The Bertz CT molecular complexity index is 945. The van der Waals surface area contributed by atoms with Crippen molar-refractivity contribution in [2.45, 2.75) is 51.5 Å². The molecule has 0 bridgehead atoms. The van der Waals surface area contributed by atoms with Gasteiger partial charge in [0.1, 0.15) is 11.6 Å². The number of carboxylic acids is 1. The number of piperidine rings is 1. The number of aliphatic carboxylic acids is 1. The third kappa shape index (κ3) is 7.30. The molecule has 0 spiro atoms. The number of thioether (sulfide) groups is 1. The average Bonchev–Trinajstić information content (AvgIpc) is 2.82. The van der Waals surface area contributed by atoms with Gasteiger partial charge in [-0.1, -0.05) is 6.92 Å². The molecule has 2 heterocycles. The van der Waals surface area contributed by atoms with Gasteiger partial charge in [-0.05, 0) is 86.7 Å². The molecule has 3 atom stereocenters. The fourth-order valence-corrected chi connectivity index (χ4v) is 5.87. The lowest BCUT2D eigenvalue weighted by Gasteiger charge is -2.38. The minimum Gasteiger partial charge on any atom is -0.497 e. The van der Waals surface area contributed by atoms with Crippen LogP contribution in [0.25, 0.3) is 10.9 Å². The number of ether oxygens (including phenoxy) is 1. The number of hydrogen-bond acceptors (Lipinski definition) is 6. The summed E-state index contributed by atoms with van der Waals surface area (Å²) in [4.78, 5) is 18.1. The molecule has 0 saturated carbocycles.